The normalized spacial score (nSPS) is 15.9. The number of ether oxygens (including phenoxy) is 1. The molecule has 0 unspecified atom stereocenters. The fraction of sp³-hybridized carbons (Fsp3) is 0.500. The minimum absolute atomic E-state index is 0.0684. The standard InChI is InChI=1S/C16H21N3O3/c1-11-14(12(2)22-18-11)10-21-15-4-3-9-19(16(15)20)13-5-7-17-8-6-13/h3-4,9,13,17H,5-8,10H2,1-2H3. The molecule has 2 aromatic rings. The van der Waals surface area contributed by atoms with Gasteiger partial charge in [0.25, 0.3) is 5.56 Å². The Hall–Kier alpha value is -2.08. The highest BCUT2D eigenvalue weighted by Gasteiger charge is 2.18. The van der Waals surface area contributed by atoms with E-state index in [2.05, 4.69) is 10.5 Å². The number of hydrogen-bond acceptors (Lipinski definition) is 5. The summed E-state index contributed by atoms with van der Waals surface area (Å²) in [6.07, 6.45) is 3.78. The Morgan fingerprint density at radius 2 is 2.18 bits per heavy atom. The largest absolute Gasteiger partial charge is 0.483 e. The maximum absolute atomic E-state index is 12.6. The summed E-state index contributed by atoms with van der Waals surface area (Å²) < 4.78 is 12.6. The van der Waals surface area contributed by atoms with Crippen LogP contribution in [-0.2, 0) is 6.61 Å². The SMILES string of the molecule is Cc1noc(C)c1COc1cccn(C2CCNCC2)c1=O. The summed E-state index contributed by atoms with van der Waals surface area (Å²) in [6, 6.07) is 3.83. The first-order valence-electron chi connectivity index (χ1n) is 7.63. The van der Waals surface area contributed by atoms with E-state index < -0.39 is 0 Å². The number of piperidine rings is 1. The zero-order chi connectivity index (χ0) is 15.5. The lowest BCUT2D eigenvalue weighted by molar-refractivity contribution is 0.288. The Morgan fingerprint density at radius 1 is 1.41 bits per heavy atom. The monoisotopic (exact) mass is 303 g/mol. The van der Waals surface area contributed by atoms with E-state index in [1.54, 1.807) is 10.6 Å². The maximum Gasteiger partial charge on any atom is 0.293 e. The van der Waals surface area contributed by atoms with Crippen molar-refractivity contribution in [3.63, 3.8) is 0 Å². The van der Waals surface area contributed by atoms with Gasteiger partial charge in [0, 0.05) is 12.2 Å². The van der Waals surface area contributed by atoms with Gasteiger partial charge in [-0.05, 0) is 51.9 Å². The zero-order valence-electron chi connectivity index (χ0n) is 13.0. The molecule has 0 radical (unpaired) electrons. The van der Waals surface area contributed by atoms with Crippen LogP contribution in [0.15, 0.2) is 27.6 Å². The lowest BCUT2D eigenvalue weighted by Gasteiger charge is -2.25. The van der Waals surface area contributed by atoms with E-state index in [0.717, 1.165) is 42.9 Å². The van der Waals surface area contributed by atoms with Crippen molar-refractivity contribution in [2.75, 3.05) is 13.1 Å². The lowest BCUT2D eigenvalue weighted by Crippen LogP contribution is -2.34. The summed E-state index contributed by atoms with van der Waals surface area (Å²) in [7, 11) is 0. The fourth-order valence-corrected chi connectivity index (χ4v) is 2.83. The third kappa shape index (κ3) is 2.92. The van der Waals surface area contributed by atoms with Gasteiger partial charge in [0.15, 0.2) is 5.75 Å². The van der Waals surface area contributed by atoms with Gasteiger partial charge < -0.3 is 19.1 Å². The van der Waals surface area contributed by atoms with Crippen LogP contribution in [0.3, 0.4) is 0 Å². The first-order chi connectivity index (χ1) is 10.7. The molecule has 0 saturated carbocycles. The van der Waals surface area contributed by atoms with Crippen LogP contribution in [0, 0.1) is 13.8 Å². The van der Waals surface area contributed by atoms with Crippen LogP contribution in [0.4, 0.5) is 0 Å². The fourth-order valence-electron chi connectivity index (χ4n) is 2.83. The number of hydrogen-bond donors (Lipinski definition) is 1. The van der Waals surface area contributed by atoms with Gasteiger partial charge in [-0.25, -0.2) is 0 Å². The number of nitrogens with one attached hydrogen (secondary N) is 1. The molecule has 1 fully saturated rings. The molecule has 0 aliphatic carbocycles. The number of aryl methyl sites for hydroxylation is 2. The molecular weight excluding hydrogens is 282 g/mol. The third-order valence-electron chi connectivity index (χ3n) is 4.19. The predicted octanol–water partition coefficient (Wildman–Crippen LogP) is 1.96. The Kier molecular flexibility index (Phi) is 4.29. The second-order valence-corrected chi connectivity index (χ2v) is 5.66. The summed E-state index contributed by atoms with van der Waals surface area (Å²) in [6.45, 7) is 5.90. The molecule has 1 N–H and O–H groups in total. The zero-order valence-corrected chi connectivity index (χ0v) is 13.0. The van der Waals surface area contributed by atoms with Crippen molar-refractivity contribution >= 4 is 0 Å². The van der Waals surface area contributed by atoms with Crippen LogP contribution < -0.4 is 15.6 Å². The molecular formula is C16H21N3O3. The van der Waals surface area contributed by atoms with E-state index >= 15 is 0 Å². The van der Waals surface area contributed by atoms with Crippen LogP contribution in [0.2, 0.25) is 0 Å². The number of nitrogens with zero attached hydrogens (tertiary/aromatic N) is 2. The van der Waals surface area contributed by atoms with Gasteiger partial charge in [-0.2, -0.15) is 0 Å². The van der Waals surface area contributed by atoms with Crippen molar-refractivity contribution in [2.24, 2.45) is 0 Å². The second kappa shape index (κ2) is 6.36. The summed E-state index contributed by atoms with van der Waals surface area (Å²) in [5, 5.41) is 7.21. The topological polar surface area (TPSA) is 69.3 Å². The molecule has 1 aliphatic heterocycles. The molecule has 6 heteroatoms. The maximum atomic E-state index is 12.6. The average Bonchev–Trinajstić information content (AvgIpc) is 2.86. The van der Waals surface area contributed by atoms with Gasteiger partial charge in [-0.15, -0.1) is 0 Å². The molecule has 0 atom stereocenters. The Bertz CT molecular complexity index is 679. The van der Waals surface area contributed by atoms with Crippen molar-refractivity contribution in [2.45, 2.75) is 39.3 Å². The van der Waals surface area contributed by atoms with Crippen molar-refractivity contribution in [1.82, 2.24) is 15.0 Å². The van der Waals surface area contributed by atoms with Crippen LogP contribution >= 0.6 is 0 Å². The average molecular weight is 303 g/mol. The molecule has 118 valence electrons. The molecule has 0 aromatic carbocycles. The van der Waals surface area contributed by atoms with E-state index in [1.165, 1.54) is 0 Å². The lowest BCUT2D eigenvalue weighted by atomic mass is 10.1. The van der Waals surface area contributed by atoms with Crippen molar-refractivity contribution in [3.05, 3.63) is 45.7 Å². The molecule has 0 amide bonds. The first-order valence-corrected chi connectivity index (χ1v) is 7.63. The molecule has 1 aliphatic rings. The molecule has 3 rings (SSSR count). The summed E-state index contributed by atoms with van der Waals surface area (Å²) in [5.74, 6) is 1.10. The first kappa shape index (κ1) is 14.8. The number of aromatic nitrogens is 2. The Labute approximate surface area is 129 Å². The Morgan fingerprint density at radius 3 is 2.86 bits per heavy atom. The van der Waals surface area contributed by atoms with Gasteiger partial charge in [0.05, 0.1) is 11.3 Å². The molecule has 1 saturated heterocycles. The van der Waals surface area contributed by atoms with Gasteiger partial charge in [-0.1, -0.05) is 5.16 Å². The minimum Gasteiger partial charge on any atom is -0.483 e. The highest BCUT2D eigenvalue weighted by atomic mass is 16.5. The smallest absolute Gasteiger partial charge is 0.293 e. The van der Waals surface area contributed by atoms with Crippen molar-refractivity contribution in [1.29, 1.82) is 0 Å². The second-order valence-electron chi connectivity index (χ2n) is 5.66. The third-order valence-corrected chi connectivity index (χ3v) is 4.19. The van der Waals surface area contributed by atoms with E-state index in [4.69, 9.17) is 9.26 Å². The van der Waals surface area contributed by atoms with Crippen LogP contribution in [0.25, 0.3) is 0 Å². The van der Waals surface area contributed by atoms with E-state index in [9.17, 15) is 4.79 Å². The molecule has 22 heavy (non-hydrogen) atoms. The van der Waals surface area contributed by atoms with Crippen molar-refractivity contribution in [3.8, 4) is 5.75 Å². The number of pyridine rings is 1. The molecule has 0 spiro atoms. The Balaban J connectivity index is 1.78. The molecule has 2 aromatic heterocycles. The van der Waals surface area contributed by atoms with Gasteiger partial charge >= 0.3 is 0 Å². The molecule has 3 heterocycles. The van der Waals surface area contributed by atoms with Gasteiger partial charge in [0.2, 0.25) is 0 Å². The van der Waals surface area contributed by atoms with E-state index in [-0.39, 0.29) is 11.6 Å². The molecule has 6 nitrogen and oxygen atoms in total. The quantitative estimate of drug-likeness (QED) is 0.935. The van der Waals surface area contributed by atoms with Crippen LogP contribution in [0.1, 0.15) is 35.9 Å². The number of rotatable bonds is 4. The van der Waals surface area contributed by atoms with Crippen molar-refractivity contribution < 1.29 is 9.26 Å². The van der Waals surface area contributed by atoms with Gasteiger partial charge in [-0.3, -0.25) is 4.79 Å². The highest BCUT2D eigenvalue weighted by Crippen LogP contribution is 2.19. The van der Waals surface area contributed by atoms with Crippen LogP contribution in [0.5, 0.6) is 5.75 Å². The summed E-state index contributed by atoms with van der Waals surface area (Å²) in [5.41, 5.74) is 1.63. The summed E-state index contributed by atoms with van der Waals surface area (Å²) >= 11 is 0. The molecule has 0 bridgehead atoms. The predicted molar refractivity (Wildman–Crippen MR) is 82.2 cm³/mol. The minimum atomic E-state index is -0.0684. The summed E-state index contributed by atoms with van der Waals surface area (Å²) in [4.78, 5) is 12.6. The highest BCUT2D eigenvalue weighted by molar-refractivity contribution is 5.23. The van der Waals surface area contributed by atoms with Crippen LogP contribution in [-0.4, -0.2) is 22.8 Å². The van der Waals surface area contributed by atoms with E-state index in [0.29, 0.717) is 12.4 Å². The van der Waals surface area contributed by atoms with E-state index in [1.807, 2.05) is 26.1 Å². The van der Waals surface area contributed by atoms with Gasteiger partial charge in [0.1, 0.15) is 12.4 Å².